The second-order valence-corrected chi connectivity index (χ2v) is 5.35. The minimum atomic E-state index is 0.375. The van der Waals surface area contributed by atoms with Gasteiger partial charge >= 0.3 is 0 Å². The number of morpholine rings is 1. The van der Waals surface area contributed by atoms with E-state index in [9.17, 15) is 0 Å². The normalized spacial score (nSPS) is 24.6. The molecule has 2 bridgehead atoms. The summed E-state index contributed by atoms with van der Waals surface area (Å²) in [6, 6.07) is 6.14. The molecule has 1 aromatic carbocycles. The summed E-state index contributed by atoms with van der Waals surface area (Å²) in [7, 11) is 1.62. The third kappa shape index (κ3) is 2.31. The van der Waals surface area contributed by atoms with Crippen molar-refractivity contribution in [1.29, 1.82) is 0 Å². The lowest BCUT2D eigenvalue weighted by molar-refractivity contribution is 0.0305. The topological polar surface area (TPSA) is 34.1 Å². The van der Waals surface area contributed by atoms with Crippen molar-refractivity contribution in [3.63, 3.8) is 0 Å². The first-order valence-electron chi connectivity index (χ1n) is 6.95. The summed E-state index contributed by atoms with van der Waals surface area (Å²) in [4.78, 5) is 6.41. The Morgan fingerprint density at radius 3 is 2.65 bits per heavy atom. The molecule has 0 amide bonds. The number of anilines is 1. The van der Waals surface area contributed by atoms with E-state index in [1.807, 2.05) is 6.07 Å². The van der Waals surface area contributed by atoms with Crippen molar-refractivity contribution in [2.24, 2.45) is 4.99 Å². The fourth-order valence-electron chi connectivity index (χ4n) is 3.02. The predicted octanol–water partition coefficient (Wildman–Crippen LogP) is 3.00. The summed E-state index contributed by atoms with van der Waals surface area (Å²) in [5, 5.41) is 0. The first kappa shape index (κ1) is 13.2. The number of ether oxygens (including phenoxy) is 2. The predicted molar refractivity (Wildman–Crippen MR) is 81.8 cm³/mol. The highest BCUT2D eigenvalue weighted by Crippen LogP contribution is 2.34. The molecule has 2 saturated heterocycles. The number of hydrogen-bond acceptors (Lipinski definition) is 4. The van der Waals surface area contributed by atoms with Gasteiger partial charge in [-0.2, -0.15) is 0 Å². The van der Waals surface area contributed by atoms with E-state index in [0.717, 1.165) is 24.3 Å². The maximum Gasteiger partial charge on any atom is 0.121 e. The second kappa shape index (κ2) is 5.29. The van der Waals surface area contributed by atoms with Crippen LogP contribution < -0.4 is 4.90 Å². The van der Waals surface area contributed by atoms with Crippen LogP contribution in [0.25, 0.3) is 5.76 Å². The Bertz CT molecular complexity index is 529. The zero-order chi connectivity index (χ0) is 14.1. The van der Waals surface area contributed by atoms with Crippen molar-refractivity contribution in [2.75, 3.05) is 25.1 Å². The Hall–Kier alpha value is -1.81. The van der Waals surface area contributed by atoms with Gasteiger partial charge in [0.1, 0.15) is 5.76 Å². The number of fused-ring (bicyclic) bond motifs is 2. The van der Waals surface area contributed by atoms with E-state index in [2.05, 4.69) is 35.3 Å². The van der Waals surface area contributed by atoms with Crippen LogP contribution in [0, 0.1) is 0 Å². The number of benzene rings is 1. The van der Waals surface area contributed by atoms with Gasteiger partial charge in [0.15, 0.2) is 0 Å². The summed E-state index contributed by atoms with van der Waals surface area (Å²) < 4.78 is 11.1. The summed E-state index contributed by atoms with van der Waals surface area (Å²) in [6.07, 6.45) is 3.09. The van der Waals surface area contributed by atoms with Gasteiger partial charge in [-0.15, -0.1) is 0 Å². The molecule has 0 N–H and O–H groups in total. The zero-order valence-corrected chi connectivity index (χ0v) is 11.8. The molecular weight excluding hydrogens is 252 g/mol. The molecule has 20 heavy (non-hydrogen) atoms. The molecule has 0 saturated carbocycles. The molecule has 2 heterocycles. The first-order valence-corrected chi connectivity index (χ1v) is 6.95. The number of aliphatic imine (C=N–C) groups is 1. The van der Waals surface area contributed by atoms with Crippen LogP contribution in [0.15, 0.2) is 29.8 Å². The smallest absolute Gasteiger partial charge is 0.121 e. The van der Waals surface area contributed by atoms with E-state index >= 15 is 0 Å². The van der Waals surface area contributed by atoms with Crippen LogP contribution in [0.1, 0.15) is 18.4 Å². The van der Waals surface area contributed by atoms with Crippen LogP contribution in [0.2, 0.25) is 0 Å². The van der Waals surface area contributed by atoms with Crippen LogP contribution in [0.4, 0.5) is 11.4 Å². The minimum absolute atomic E-state index is 0.375. The van der Waals surface area contributed by atoms with Crippen molar-refractivity contribution in [1.82, 2.24) is 0 Å². The van der Waals surface area contributed by atoms with Crippen LogP contribution >= 0.6 is 0 Å². The highest BCUT2D eigenvalue weighted by atomic mass is 16.5. The lowest BCUT2D eigenvalue weighted by atomic mass is 10.1. The third-order valence-electron chi connectivity index (χ3n) is 4.11. The molecule has 2 aliphatic rings. The zero-order valence-electron chi connectivity index (χ0n) is 11.8. The van der Waals surface area contributed by atoms with Gasteiger partial charge in [0.25, 0.3) is 0 Å². The molecule has 4 heteroatoms. The maximum atomic E-state index is 5.88. The van der Waals surface area contributed by atoms with Crippen LogP contribution in [-0.4, -0.2) is 39.1 Å². The summed E-state index contributed by atoms with van der Waals surface area (Å²) in [5.41, 5.74) is 2.88. The van der Waals surface area contributed by atoms with E-state index < -0.39 is 0 Å². The molecule has 2 atom stereocenters. The highest BCUT2D eigenvalue weighted by molar-refractivity contribution is 5.74. The van der Waals surface area contributed by atoms with Gasteiger partial charge in [0.05, 0.1) is 25.0 Å². The number of nitrogens with zero attached hydrogens (tertiary/aromatic N) is 2. The molecule has 1 aromatic rings. The van der Waals surface area contributed by atoms with Crippen molar-refractivity contribution in [3.8, 4) is 0 Å². The largest absolute Gasteiger partial charge is 0.497 e. The Labute approximate surface area is 119 Å². The molecule has 106 valence electrons. The summed E-state index contributed by atoms with van der Waals surface area (Å²) in [5.74, 6) is 0.616. The Morgan fingerprint density at radius 1 is 1.35 bits per heavy atom. The highest BCUT2D eigenvalue weighted by Gasteiger charge is 2.33. The monoisotopic (exact) mass is 272 g/mol. The maximum absolute atomic E-state index is 5.88. The molecule has 4 nitrogen and oxygen atoms in total. The summed E-state index contributed by atoms with van der Waals surface area (Å²) >= 11 is 0. The van der Waals surface area contributed by atoms with Gasteiger partial charge in [-0.3, -0.25) is 4.99 Å². The fraction of sp³-hybridized carbons (Fsp3) is 0.438. The molecule has 0 radical (unpaired) electrons. The fourth-order valence-corrected chi connectivity index (χ4v) is 3.02. The Kier molecular flexibility index (Phi) is 3.49. The lowest BCUT2D eigenvalue weighted by Crippen LogP contribution is -2.42. The molecule has 2 unspecified atom stereocenters. The molecule has 0 aliphatic carbocycles. The van der Waals surface area contributed by atoms with Gasteiger partial charge in [-0.1, -0.05) is 6.58 Å². The molecule has 2 fully saturated rings. The van der Waals surface area contributed by atoms with E-state index in [1.165, 1.54) is 18.5 Å². The van der Waals surface area contributed by atoms with E-state index in [1.54, 1.807) is 7.11 Å². The first-order chi connectivity index (χ1) is 9.71. The number of hydrogen-bond donors (Lipinski definition) is 0. The molecule has 0 spiro atoms. The Morgan fingerprint density at radius 2 is 2.05 bits per heavy atom. The van der Waals surface area contributed by atoms with E-state index in [-0.39, 0.29) is 0 Å². The van der Waals surface area contributed by atoms with Crippen LogP contribution in [-0.2, 0) is 9.47 Å². The van der Waals surface area contributed by atoms with Crippen molar-refractivity contribution in [3.05, 3.63) is 30.3 Å². The van der Waals surface area contributed by atoms with Gasteiger partial charge in [-0.05, 0) is 37.8 Å². The SMILES string of the molecule is C=Nc1ccc(N2CC3CCC(C2)O3)cc1C(=C)OC. The van der Waals surface area contributed by atoms with Crippen molar-refractivity contribution in [2.45, 2.75) is 25.0 Å². The van der Waals surface area contributed by atoms with Crippen molar-refractivity contribution >= 4 is 23.9 Å². The van der Waals surface area contributed by atoms with Crippen LogP contribution in [0.5, 0.6) is 0 Å². The molecular formula is C16H20N2O2. The third-order valence-corrected chi connectivity index (χ3v) is 4.11. The van der Waals surface area contributed by atoms with E-state index in [0.29, 0.717) is 18.0 Å². The minimum Gasteiger partial charge on any atom is -0.497 e. The quantitative estimate of drug-likeness (QED) is 0.624. The average molecular weight is 272 g/mol. The molecule has 2 aliphatic heterocycles. The number of methoxy groups -OCH3 is 1. The average Bonchev–Trinajstić information content (AvgIpc) is 2.84. The lowest BCUT2D eigenvalue weighted by Gasteiger charge is -2.34. The van der Waals surface area contributed by atoms with E-state index in [4.69, 9.17) is 9.47 Å². The Balaban J connectivity index is 1.90. The van der Waals surface area contributed by atoms with Gasteiger partial charge in [0, 0.05) is 24.3 Å². The van der Waals surface area contributed by atoms with Gasteiger partial charge in [-0.25, -0.2) is 0 Å². The molecule has 0 aromatic heterocycles. The molecule has 3 rings (SSSR count). The van der Waals surface area contributed by atoms with Gasteiger partial charge < -0.3 is 14.4 Å². The van der Waals surface area contributed by atoms with Crippen molar-refractivity contribution < 1.29 is 9.47 Å². The standard InChI is InChI=1S/C16H20N2O2/c1-11(19-3)15-8-12(4-7-16(15)17-2)18-9-13-5-6-14(10-18)20-13/h4,7-8,13-14H,1-2,5-6,9-10H2,3H3. The summed E-state index contributed by atoms with van der Waals surface area (Å²) in [6.45, 7) is 9.44. The number of rotatable bonds is 4. The van der Waals surface area contributed by atoms with Crippen LogP contribution in [0.3, 0.4) is 0 Å². The second-order valence-electron chi connectivity index (χ2n) is 5.35. The van der Waals surface area contributed by atoms with Gasteiger partial charge in [0.2, 0.25) is 0 Å².